The average Bonchev–Trinajstić information content (AvgIpc) is 3.23. The van der Waals surface area contributed by atoms with Crippen molar-refractivity contribution in [1.29, 1.82) is 0 Å². The van der Waals surface area contributed by atoms with Gasteiger partial charge in [0.05, 0.1) is 28.6 Å². The van der Waals surface area contributed by atoms with Crippen LogP contribution in [0.5, 0.6) is 0 Å². The number of nitrogens with one attached hydrogen (secondary N) is 1. The SMILES string of the molecule is Cc1[nH]nc(CN2C[C@H]3C[C@@H](n4cncn4)[C@H](O)C[C@H]3C2)c1Cl. The van der Waals surface area contributed by atoms with E-state index in [1.165, 1.54) is 6.33 Å². The Morgan fingerprint density at radius 1 is 1.35 bits per heavy atom. The topological polar surface area (TPSA) is 82.9 Å². The number of rotatable bonds is 3. The predicted octanol–water partition coefficient (Wildman–Crippen LogP) is 1.41. The van der Waals surface area contributed by atoms with E-state index in [9.17, 15) is 5.11 Å². The lowest BCUT2D eigenvalue weighted by atomic mass is 9.77. The van der Waals surface area contributed by atoms with Gasteiger partial charge in [-0.2, -0.15) is 10.2 Å². The molecule has 4 atom stereocenters. The second kappa shape index (κ2) is 5.89. The average molecular weight is 337 g/mol. The number of fused-ring (bicyclic) bond motifs is 1. The molecule has 23 heavy (non-hydrogen) atoms. The Balaban J connectivity index is 1.44. The van der Waals surface area contributed by atoms with Gasteiger partial charge in [-0.05, 0) is 31.6 Å². The number of aromatic nitrogens is 5. The molecule has 0 aromatic carbocycles. The summed E-state index contributed by atoms with van der Waals surface area (Å²) in [7, 11) is 0. The Morgan fingerprint density at radius 2 is 2.13 bits per heavy atom. The summed E-state index contributed by atoms with van der Waals surface area (Å²) in [6.07, 6.45) is 4.64. The van der Waals surface area contributed by atoms with E-state index >= 15 is 0 Å². The van der Waals surface area contributed by atoms with Gasteiger partial charge >= 0.3 is 0 Å². The maximum Gasteiger partial charge on any atom is 0.137 e. The number of likely N-dealkylation sites (tertiary alicyclic amines) is 1. The molecule has 8 heteroatoms. The monoisotopic (exact) mass is 336 g/mol. The highest BCUT2D eigenvalue weighted by Gasteiger charge is 2.42. The van der Waals surface area contributed by atoms with Crippen LogP contribution in [-0.2, 0) is 6.54 Å². The van der Waals surface area contributed by atoms with Crippen LogP contribution in [0.4, 0.5) is 0 Å². The third kappa shape index (κ3) is 2.77. The fourth-order valence-electron chi connectivity index (χ4n) is 4.09. The summed E-state index contributed by atoms with van der Waals surface area (Å²) in [6.45, 7) is 4.71. The van der Waals surface area contributed by atoms with Gasteiger partial charge in [0, 0.05) is 19.6 Å². The number of aliphatic hydroxyl groups is 1. The second-order valence-electron chi connectivity index (χ2n) is 6.81. The summed E-state index contributed by atoms with van der Waals surface area (Å²) in [6, 6.07) is 0.0370. The molecule has 2 N–H and O–H groups in total. The smallest absolute Gasteiger partial charge is 0.137 e. The van der Waals surface area contributed by atoms with E-state index in [-0.39, 0.29) is 12.1 Å². The van der Waals surface area contributed by atoms with Crippen LogP contribution in [0.15, 0.2) is 12.7 Å². The normalized spacial score (nSPS) is 31.4. The minimum absolute atomic E-state index is 0.0370. The molecule has 124 valence electrons. The van der Waals surface area contributed by atoms with Crippen molar-refractivity contribution in [2.45, 2.75) is 38.5 Å². The molecule has 1 aliphatic heterocycles. The highest BCUT2D eigenvalue weighted by Crippen LogP contribution is 2.41. The van der Waals surface area contributed by atoms with E-state index in [0.717, 1.165) is 48.9 Å². The molecule has 2 aromatic heterocycles. The Labute approximate surface area is 139 Å². The standard InChI is InChI=1S/C15H21ClN6O/c1-9-15(16)12(20-19-9)6-21-4-10-2-13(22-8-17-7-18-22)14(23)3-11(10)5-21/h7-8,10-11,13-14,23H,2-6H2,1H3,(H,19,20)/t10-,11+,13-,14-/m1/s1. The number of aliphatic hydroxyl groups excluding tert-OH is 1. The van der Waals surface area contributed by atoms with Crippen LogP contribution >= 0.6 is 11.6 Å². The largest absolute Gasteiger partial charge is 0.391 e. The van der Waals surface area contributed by atoms with Crippen LogP contribution < -0.4 is 0 Å². The van der Waals surface area contributed by atoms with Crippen molar-refractivity contribution >= 4 is 11.6 Å². The van der Waals surface area contributed by atoms with Crippen molar-refractivity contribution in [2.24, 2.45) is 11.8 Å². The highest BCUT2D eigenvalue weighted by molar-refractivity contribution is 6.31. The summed E-state index contributed by atoms with van der Waals surface area (Å²) >= 11 is 6.28. The van der Waals surface area contributed by atoms with Crippen molar-refractivity contribution in [1.82, 2.24) is 29.9 Å². The van der Waals surface area contributed by atoms with Crippen LogP contribution in [0.25, 0.3) is 0 Å². The van der Waals surface area contributed by atoms with E-state index in [2.05, 4.69) is 25.2 Å². The van der Waals surface area contributed by atoms with Crippen molar-refractivity contribution in [2.75, 3.05) is 13.1 Å². The molecule has 0 bridgehead atoms. The van der Waals surface area contributed by atoms with Crippen LogP contribution in [0.2, 0.25) is 5.02 Å². The van der Waals surface area contributed by atoms with Gasteiger partial charge in [0.2, 0.25) is 0 Å². The van der Waals surface area contributed by atoms with Gasteiger partial charge in [0.1, 0.15) is 12.7 Å². The Bertz CT molecular complexity index is 672. The number of nitrogens with zero attached hydrogens (tertiary/aromatic N) is 5. The van der Waals surface area contributed by atoms with Gasteiger partial charge in [-0.25, -0.2) is 9.67 Å². The first-order valence-corrected chi connectivity index (χ1v) is 8.43. The van der Waals surface area contributed by atoms with E-state index in [4.69, 9.17) is 11.6 Å². The van der Waals surface area contributed by atoms with Gasteiger partial charge < -0.3 is 5.11 Å². The molecule has 0 spiro atoms. The Morgan fingerprint density at radius 3 is 2.78 bits per heavy atom. The fraction of sp³-hybridized carbons (Fsp3) is 0.667. The first-order valence-electron chi connectivity index (χ1n) is 8.05. The molecule has 7 nitrogen and oxygen atoms in total. The Kier molecular flexibility index (Phi) is 3.87. The summed E-state index contributed by atoms with van der Waals surface area (Å²) in [4.78, 5) is 6.40. The minimum Gasteiger partial charge on any atom is -0.391 e. The van der Waals surface area contributed by atoms with Crippen molar-refractivity contribution in [3.05, 3.63) is 29.1 Å². The number of H-pyrrole nitrogens is 1. The molecule has 0 amide bonds. The lowest BCUT2D eigenvalue weighted by Crippen LogP contribution is -2.36. The van der Waals surface area contributed by atoms with Gasteiger partial charge in [0.25, 0.3) is 0 Å². The molecule has 4 rings (SSSR count). The van der Waals surface area contributed by atoms with Crippen LogP contribution in [0, 0.1) is 18.8 Å². The van der Waals surface area contributed by atoms with Gasteiger partial charge in [-0.15, -0.1) is 0 Å². The number of aryl methyl sites for hydroxylation is 1. The minimum atomic E-state index is -0.353. The molecule has 0 radical (unpaired) electrons. The van der Waals surface area contributed by atoms with Gasteiger partial charge in [-0.3, -0.25) is 10.00 Å². The molecular formula is C15H21ClN6O. The third-order valence-corrected chi connectivity index (χ3v) is 5.78. The fourth-order valence-corrected chi connectivity index (χ4v) is 4.23. The van der Waals surface area contributed by atoms with Crippen molar-refractivity contribution in [3.63, 3.8) is 0 Å². The molecule has 1 saturated heterocycles. The van der Waals surface area contributed by atoms with E-state index in [0.29, 0.717) is 11.8 Å². The predicted molar refractivity (Wildman–Crippen MR) is 84.9 cm³/mol. The zero-order valence-corrected chi connectivity index (χ0v) is 13.8. The molecule has 2 aliphatic rings. The summed E-state index contributed by atoms with van der Waals surface area (Å²) in [5.41, 5.74) is 1.83. The quantitative estimate of drug-likeness (QED) is 0.885. The maximum atomic E-state index is 10.5. The number of aromatic amines is 1. The lowest BCUT2D eigenvalue weighted by molar-refractivity contribution is 0.0304. The van der Waals surface area contributed by atoms with Gasteiger partial charge in [-0.1, -0.05) is 11.6 Å². The number of halogens is 1. The van der Waals surface area contributed by atoms with Gasteiger partial charge in [0.15, 0.2) is 0 Å². The first-order chi connectivity index (χ1) is 11.1. The molecular weight excluding hydrogens is 316 g/mol. The van der Waals surface area contributed by atoms with Crippen molar-refractivity contribution < 1.29 is 5.11 Å². The Hall–Kier alpha value is -1.44. The van der Waals surface area contributed by atoms with Crippen molar-refractivity contribution in [3.8, 4) is 0 Å². The highest BCUT2D eigenvalue weighted by atomic mass is 35.5. The number of hydrogen-bond acceptors (Lipinski definition) is 5. The lowest BCUT2D eigenvalue weighted by Gasteiger charge is -2.35. The van der Waals surface area contributed by atoms with E-state index in [1.54, 1.807) is 11.0 Å². The molecule has 1 saturated carbocycles. The molecule has 2 fully saturated rings. The molecule has 0 unspecified atom stereocenters. The maximum absolute atomic E-state index is 10.5. The summed E-state index contributed by atoms with van der Waals surface area (Å²) in [5, 5.41) is 22.6. The molecule has 1 aliphatic carbocycles. The molecule has 2 aromatic rings. The summed E-state index contributed by atoms with van der Waals surface area (Å²) < 4.78 is 1.80. The van der Waals surface area contributed by atoms with Crippen LogP contribution in [0.3, 0.4) is 0 Å². The van der Waals surface area contributed by atoms with E-state index in [1.807, 2.05) is 6.92 Å². The number of hydrogen-bond donors (Lipinski definition) is 2. The van der Waals surface area contributed by atoms with Crippen LogP contribution in [-0.4, -0.2) is 54.2 Å². The zero-order valence-electron chi connectivity index (χ0n) is 13.1. The van der Waals surface area contributed by atoms with Crippen LogP contribution in [0.1, 0.15) is 30.3 Å². The summed E-state index contributed by atoms with van der Waals surface area (Å²) in [5.74, 6) is 1.11. The third-order valence-electron chi connectivity index (χ3n) is 5.28. The zero-order chi connectivity index (χ0) is 16.0. The second-order valence-corrected chi connectivity index (χ2v) is 7.18. The van der Waals surface area contributed by atoms with E-state index < -0.39 is 0 Å². The molecule has 3 heterocycles. The first kappa shape index (κ1) is 15.1.